The van der Waals surface area contributed by atoms with Crippen molar-refractivity contribution < 1.29 is 4.79 Å². The molecule has 0 bridgehead atoms. The molecule has 0 saturated carbocycles. The Morgan fingerprint density at radius 3 is 3.00 bits per heavy atom. The van der Waals surface area contributed by atoms with Crippen molar-refractivity contribution >= 4 is 45.7 Å². The van der Waals surface area contributed by atoms with Crippen LogP contribution in [0.3, 0.4) is 0 Å². The molecule has 4 heterocycles. The molecule has 26 heavy (non-hydrogen) atoms. The summed E-state index contributed by atoms with van der Waals surface area (Å²) >= 11 is 1.63. The smallest absolute Gasteiger partial charge is 0.227 e. The molecule has 3 atom stereocenters. The number of piperidine rings is 1. The van der Waals surface area contributed by atoms with Gasteiger partial charge in [0.1, 0.15) is 17.0 Å². The number of rotatable bonds is 3. The lowest BCUT2D eigenvalue weighted by molar-refractivity contribution is -0.136. The molecule has 3 unspecified atom stereocenters. The van der Waals surface area contributed by atoms with Crippen LogP contribution < -0.4 is 10.6 Å². The average molecular weight is 396 g/mol. The number of nitrogens with zero attached hydrogens (tertiary/aromatic N) is 4. The number of anilines is 1. The van der Waals surface area contributed by atoms with Crippen molar-refractivity contribution in [2.45, 2.75) is 32.2 Å². The van der Waals surface area contributed by atoms with Gasteiger partial charge in [-0.25, -0.2) is 9.97 Å². The molecule has 2 aromatic heterocycles. The SMILES string of the molecule is CC1CC(CN)CN1C(=O)C1CCCN(c2ncnc3sccc23)C1.Cl. The van der Waals surface area contributed by atoms with Gasteiger partial charge in [0.05, 0.1) is 11.3 Å². The lowest BCUT2D eigenvalue weighted by Crippen LogP contribution is -2.46. The summed E-state index contributed by atoms with van der Waals surface area (Å²) in [6.45, 7) is 5.33. The van der Waals surface area contributed by atoms with Gasteiger partial charge in [-0.2, -0.15) is 0 Å². The van der Waals surface area contributed by atoms with Crippen molar-refractivity contribution in [1.29, 1.82) is 0 Å². The fraction of sp³-hybridized carbons (Fsp3) is 0.611. The maximum absolute atomic E-state index is 13.1. The first-order valence-corrected chi connectivity index (χ1v) is 9.99. The Kier molecular flexibility index (Phi) is 5.99. The van der Waals surface area contributed by atoms with Gasteiger partial charge in [-0.1, -0.05) is 0 Å². The predicted octanol–water partition coefficient (Wildman–Crippen LogP) is 2.53. The van der Waals surface area contributed by atoms with Crippen molar-refractivity contribution in [2.24, 2.45) is 17.6 Å². The lowest BCUT2D eigenvalue weighted by Gasteiger charge is -2.36. The highest BCUT2D eigenvalue weighted by Gasteiger charge is 2.37. The number of aromatic nitrogens is 2. The Hall–Kier alpha value is -1.44. The van der Waals surface area contributed by atoms with Crippen LogP contribution in [-0.2, 0) is 4.79 Å². The molecule has 0 radical (unpaired) electrons. The number of likely N-dealkylation sites (tertiary alicyclic amines) is 1. The minimum absolute atomic E-state index is 0. The second-order valence-corrected chi connectivity index (χ2v) is 8.19. The van der Waals surface area contributed by atoms with E-state index in [0.29, 0.717) is 24.4 Å². The number of halogens is 1. The van der Waals surface area contributed by atoms with Crippen LogP contribution in [0, 0.1) is 11.8 Å². The zero-order valence-electron chi connectivity index (χ0n) is 15.0. The Morgan fingerprint density at radius 2 is 2.23 bits per heavy atom. The van der Waals surface area contributed by atoms with Gasteiger partial charge < -0.3 is 15.5 Å². The number of nitrogens with two attached hydrogens (primary N) is 1. The quantitative estimate of drug-likeness (QED) is 0.864. The summed E-state index contributed by atoms with van der Waals surface area (Å²) in [6.07, 6.45) is 4.65. The highest BCUT2D eigenvalue weighted by atomic mass is 35.5. The van der Waals surface area contributed by atoms with Crippen molar-refractivity contribution in [3.63, 3.8) is 0 Å². The topological polar surface area (TPSA) is 75.3 Å². The van der Waals surface area contributed by atoms with Gasteiger partial charge >= 0.3 is 0 Å². The van der Waals surface area contributed by atoms with Gasteiger partial charge in [-0.15, -0.1) is 23.7 Å². The number of carbonyl (C=O) groups excluding carboxylic acids is 1. The van der Waals surface area contributed by atoms with E-state index in [1.54, 1.807) is 17.7 Å². The molecule has 0 aromatic carbocycles. The molecule has 142 valence electrons. The summed E-state index contributed by atoms with van der Waals surface area (Å²) in [6, 6.07) is 2.38. The van der Waals surface area contributed by atoms with E-state index in [2.05, 4.69) is 32.8 Å². The van der Waals surface area contributed by atoms with Gasteiger partial charge in [0.15, 0.2) is 0 Å². The second kappa shape index (κ2) is 8.06. The van der Waals surface area contributed by atoms with Crippen LogP contribution in [0.25, 0.3) is 10.2 Å². The van der Waals surface area contributed by atoms with E-state index in [-0.39, 0.29) is 18.3 Å². The molecule has 2 N–H and O–H groups in total. The summed E-state index contributed by atoms with van der Waals surface area (Å²) < 4.78 is 0. The first-order valence-electron chi connectivity index (χ1n) is 9.11. The number of amides is 1. The van der Waals surface area contributed by atoms with Crippen LogP contribution in [0.5, 0.6) is 0 Å². The summed E-state index contributed by atoms with van der Waals surface area (Å²) in [7, 11) is 0. The number of thiophene rings is 1. The molecule has 2 saturated heterocycles. The van der Waals surface area contributed by atoms with Gasteiger partial charge in [-0.05, 0) is 50.1 Å². The fourth-order valence-electron chi connectivity index (χ4n) is 4.25. The number of hydrogen-bond acceptors (Lipinski definition) is 6. The van der Waals surface area contributed by atoms with E-state index in [1.807, 2.05) is 5.38 Å². The third-order valence-corrected chi connectivity index (χ3v) is 6.41. The Labute approximate surface area is 164 Å². The van der Waals surface area contributed by atoms with Crippen LogP contribution in [0.4, 0.5) is 5.82 Å². The molecule has 2 fully saturated rings. The Balaban J connectivity index is 0.00000196. The van der Waals surface area contributed by atoms with E-state index in [9.17, 15) is 4.79 Å². The summed E-state index contributed by atoms with van der Waals surface area (Å²) in [5.41, 5.74) is 5.82. The number of fused-ring (bicyclic) bond motifs is 1. The third-order valence-electron chi connectivity index (χ3n) is 5.59. The molecule has 2 aromatic rings. The van der Waals surface area contributed by atoms with Crippen LogP contribution in [-0.4, -0.2) is 53.0 Å². The van der Waals surface area contributed by atoms with Crippen molar-refractivity contribution in [2.75, 3.05) is 31.1 Å². The van der Waals surface area contributed by atoms with Crippen molar-refractivity contribution in [3.05, 3.63) is 17.8 Å². The molecule has 6 nitrogen and oxygen atoms in total. The minimum atomic E-state index is 0. The lowest BCUT2D eigenvalue weighted by atomic mass is 9.96. The largest absolute Gasteiger partial charge is 0.355 e. The second-order valence-electron chi connectivity index (χ2n) is 7.30. The third kappa shape index (κ3) is 3.52. The van der Waals surface area contributed by atoms with Crippen LogP contribution >= 0.6 is 23.7 Å². The average Bonchev–Trinajstić information content (AvgIpc) is 3.27. The van der Waals surface area contributed by atoms with E-state index >= 15 is 0 Å². The standard InChI is InChI=1S/C18H25N5OS.ClH/c1-12-7-13(8-19)9-23(12)18(24)14-3-2-5-22(10-14)16-15-4-6-25-17(15)21-11-20-16;/h4,6,11-14H,2-3,5,7-10,19H2,1H3;1H. The van der Waals surface area contributed by atoms with E-state index in [0.717, 1.165) is 54.9 Å². The highest BCUT2D eigenvalue weighted by Crippen LogP contribution is 2.32. The molecule has 2 aliphatic heterocycles. The molecule has 4 rings (SSSR count). The van der Waals surface area contributed by atoms with E-state index < -0.39 is 0 Å². The minimum Gasteiger partial charge on any atom is -0.355 e. The van der Waals surface area contributed by atoms with Gasteiger partial charge in [0.2, 0.25) is 5.91 Å². The summed E-state index contributed by atoms with van der Waals surface area (Å²) in [4.78, 5) is 27.3. The van der Waals surface area contributed by atoms with Gasteiger partial charge in [-0.3, -0.25) is 4.79 Å². The van der Waals surface area contributed by atoms with E-state index in [4.69, 9.17) is 5.73 Å². The summed E-state index contributed by atoms with van der Waals surface area (Å²) in [5, 5.41) is 3.15. The van der Waals surface area contributed by atoms with Crippen molar-refractivity contribution in [3.8, 4) is 0 Å². The zero-order valence-corrected chi connectivity index (χ0v) is 16.6. The molecule has 0 spiro atoms. The normalized spacial score (nSPS) is 26.2. The van der Waals surface area contributed by atoms with Crippen molar-refractivity contribution in [1.82, 2.24) is 14.9 Å². The maximum Gasteiger partial charge on any atom is 0.227 e. The number of carbonyl (C=O) groups is 1. The molecule has 0 aliphatic carbocycles. The van der Waals surface area contributed by atoms with Gasteiger partial charge in [0, 0.05) is 25.7 Å². The zero-order chi connectivity index (χ0) is 17.4. The van der Waals surface area contributed by atoms with Crippen LogP contribution in [0.2, 0.25) is 0 Å². The van der Waals surface area contributed by atoms with Crippen LogP contribution in [0.1, 0.15) is 26.2 Å². The monoisotopic (exact) mass is 395 g/mol. The van der Waals surface area contributed by atoms with Crippen LogP contribution in [0.15, 0.2) is 17.8 Å². The number of hydrogen-bond donors (Lipinski definition) is 1. The highest BCUT2D eigenvalue weighted by molar-refractivity contribution is 7.16. The predicted molar refractivity (Wildman–Crippen MR) is 108 cm³/mol. The van der Waals surface area contributed by atoms with E-state index in [1.165, 1.54) is 0 Å². The molecular formula is C18H26ClN5OS. The molecule has 1 amide bonds. The summed E-state index contributed by atoms with van der Waals surface area (Å²) in [5.74, 6) is 1.77. The Morgan fingerprint density at radius 1 is 1.38 bits per heavy atom. The fourth-order valence-corrected chi connectivity index (χ4v) is 4.98. The maximum atomic E-state index is 13.1. The molecule has 2 aliphatic rings. The molecular weight excluding hydrogens is 370 g/mol. The first kappa shape index (κ1) is 19.3. The Bertz CT molecular complexity index is 769. The first-order chi connectivity index (χ1) is 12.2. The molecule has 8 heteroatoms. The van der Waals surface area contributed by atoms with Gasteiger partial charge in [0.25, 0.3) is 0 Å².